The summed E-state index contributed by atoms with van der Waals surface area (Å²) in [5.74, 6) is -1.66. The molecular weight excluding hydrogens is 300 g/mol. The van der Waals surface area contributed by atoms with Gasteiger partial charge in [0.15, 0.2) is 12.2 Å². The third kappa shape index (κ3) is 4.45. The smallest absolute Gasteiger partial charge is 0.420 e. The maximum absolute atomic E-state index is 11.8. The van der Waals surface area contributed by atoms with Gasteiger partial charge < -0.3 is 14.5 Å². The molecule has 0 aliphatic carbocycles. The summed E-state index contributed by atoms with van der Waals surface area (Å²) in [6.45, 7) is 3.25. The van der Waals surface area contributed by atoms with E-state index >= 15 is 0 Å². The molecular formula is C16H20N2O5. The molecule has 1 heterocycles. The number of hydrogen-bond donors (Lipinski definition) is 1. The summed E-state index contributed by atoms with van der Waals surface area (Å²) in [6, 6.07) is 6.82. The van der Waals surface area contributed by atoms with E-state index in [-0.39, 0.29) is 25.1 Å². The number of fused-ring (bicyclic) bond motifs is 1. The molecule has 1 N–H and O–H groups in total. The number of amides is 1. The Morgan fingerprint density at radius 1 is 1.35 bits per heavy atom. The summed E-state index contributed by atoms with van der Waals surface area (Å²) in [7, 11) is 0. The lowest BCUT2D eigenvalue weighted by Gasteiger charge is -2.12. The number of hydrogen-bond acceptors (Lipinski definition) is 5. The van der Waals surface area contributed by atoms with Crippen molar-refractivity contribution in [3.05, 3.63) is 34.8 Å². The number of nitrogens with one attached hydrogen (secondary N) is 1. The fourth-order valence-corrected chi connectivity index (χ4v) is 2.31. The van der Waals surface area contributed by atoms with E-state index in [0.717, 1.165) is 12.8 Å². The molecule has 1 aromatic carbocycles. The molecule has 23 heavy (non-hydrogen) atoms. The molecule has 0 aliphatic rings. The first kappa shape index (κ1) is 16.8. The number of aromatic nitrogens is 1. The van der Waals surface area contributed by atoms with Crippen molar-refractivity contribution in [3.63, 3.8) is 0 Å². The van der Waals surface area contributed by atoms with Gasteiger partial charge in [-0.2, -0.15) is 0 Å². The van der Waals surface area contributed by atoms with Crippen molar-refractivity contribution in [1.29, 1.82) is 0 Å². The van der Waals surface area contributed by atoms with Crippen LogP contribution in [0.5, 0.6) is 0 Å². The maximum atomic E-state index is 11.8. The van der Waals surface area contributed by atoms with Gasteiger partial charge in [-0.1, -0.05) is 25.5 Å². The molecule has 0 spiro atoms. The number of nitrogens with zero attached hydrogens (tertiary/aromatic N) is 1. The Morgan fingerprint density at radius 2 is 2.09 bits per heavy atom. The van der Waals surface area contributed by atoms with Gasteiger partial charge in [-0.05, 0) is 25.5 Å². The lowest BCUT2D eigenvalue weighted by Crippen LogP contribution is -2.36. The predicted molar refractivity (Wildman–Crippen MR) is 83.9 cm³/mol. The van der Waals surface area contributed by atoms with E-state index < -0.39 is 11.7 Å². The number of carbonyl (C=O) groups excluding carboxylic acids is 2. The minimum Gasteiger partial charge on any atom is -0.454 e. The van der Waals surface area contributed by atoms with Crippen LogP contribution in [0.1, 0.15) is 26.7 Å². The van der Waals surface area contributed by atoms with Gasteiger partial charge in [-0.3, -0.25) is 14.2 Å². The van der Waals surface area contributed by atoms with Crippen molar-refractivity contribution < 1.29 is 18.7 Å². The second kappa shape index (κ2) is 7.62. The van der Waals surface area contributed by atoms with Crippen LogP contribution in [0.15, 0.2) is 33.5 Å². The quantitative estimate of drug-likeness (QED) is 0.780. The first-order chi connectivity index (χ1) is 11.0. The molecule has 0 unspecified atom stereocenters. The van der Waals surface area contributed by atoms with Gasteiger partial charge in [-0.25, -0.2) is 4.79 Å². The topological polar surface area (TPSA) is 90.5 Å². The van der Waals surface area contributed by atoms with Crippen LogP contribution in [-0.4, -0.2) is 29.1 Å². The molecule has 1 atom stereocenters. The zero-order valence-corrected chi connectivity index (χ0v) is 13.2. The molecule has 0 saturated heterocycles. The average molecular weight is 320 g/mol. The molecule has 0 fully saturated rings. The van der Waals surface area contributed by atoms with Gasteiger partial charge in [0.05, 0.1) is 5.52 Å². The lowest BCUT2D eigenvalue weighted by atomic mass is 10.2. The average Bonchev–Trinajstić information content (AvgIpc) is 2.81. The van der Waals surface area contributed by atoms with Crippen molar-refractivity contribution in [2.45, 2.75) is 39.3 Å². The molecule has 0 saturated carbocycles. The maximum Gasteiger partial charge on any atom is 0.420 e. The van der Waals surface area contributed by atoms with Gasteiger partial charge in [-0.15, -0.1) is 0 Å². The zero-order valence-electron chi connectivity index (χ0n) is 13.2. The van der Waals surface area contributed by atoms with Crippen LogP contribution in [0.25, 0.3) is 11.1 Å². The SMILES string of the molecule is CCC[C@H](C)NC(=O)COC(=O)Cn1c(=O)oc2ccccc21. The number of benzene rings is 1. The highest BCUT2D eigenvalue weighted by atomic mass is 16.5. The summed E-state index contributed by atoms with van der Waals surface area (Å²) in [6.07, 6.45) is 1.81. The minimum atomic E-state index is -0.669. The van der Waals surface area contributed by atoms with E-state index in [1.807, 2.05) is 13.8 Å². The monoisotopic (exact) mass is 320 g/mol. The van der Waals surface area contributed by atoms with Crippen molar-refractivity contribution in [1.82, 2.24) is 9.88 Å². The Kier molecular flexibility index (Phi) is 5.56. The summed E-state index contributed by atoms with van der Waals surface area (Å²) in [5, 5.41) is 2.73. The molecule has 0 aliphatic heterocycles. The van der Waals surface area contributed by atoms with Crippen molar-refractivity contribution in [3.8, 4) is 0 Å². The van der Waals surface area contributed by atoms with Crippen molar-refractivity contribution >= 4 is 23.0 Å². The molecule has 7 nitrogen and oxygen atoms in total. The Labute approximate surface area is 133 Å². The first-order valence-corrected chi connectivity index (χ1v) is 7.54. The summed E-state index contributed by atoms with van der Waals surface area (Å²) >= 11 is 0. The van der Waals surface area contributed by atoms with Crippen molar-refractivity contribution in [2.75, 3.05) is 6.61 Å². The molecule has 1 amide bonds. The van der Waals surface area contributed by atoms with Crippen LogP contribution in [0.3, 0.4) is 0 Å². The van der Waals surface area contributed by atoms with E-state index in [1.165, 1.54) is 4.57 Å². The molecule has 2 rings (SSSR count). The highest BCUT2D eigenvalue weighted by Crippen LogP contribution is 2.11. The number of carbonyl (C=O) groups is 2. The summed E-state index contributed by atoms with van der Waals surface area (Å²) < 4.78 is 11.1. The molecule has 0 radical (unpaired) electrons. The van der Waals surface area contributed by atoms with E-state index in [4.69, 9.17) is 9.15 Å². The third-order valence-corrected chi connectivity index (χ3v) is 3.35. The van der Waals surface area contributed by atoms with Crippen LogP contribution in [-0.2, 0) is 20.9 Å². The fraction of sp³-hybridized carbons (Fsp3) is 0.438. The van der Waals surface area contributed by atoms with Crippen LogP contribution in [0.4, 0.5) is 0 Å². The Hall–Kier alpha value is -2.57. The molecule has 1 aromatic heterocycles. The molecule has 0 bridgehead atoms. The van der Waals surface area contributed by atoms with E-state index in [0.29, 0.717) is 11.1 Å². The van der Waals surface area contributed by atoms with Gasteiger partial charge in [0.1, 0.15) is 6.54 Å². The Bertz CT molecular complexity index is 746. The van der Waals surface area contributed by atoms with Gasteiger partial charge >= 0.3 is 11.7 Å². The minimum absolute atomic E-state index is 0.0339. The standard InChI is InChI=1S/C16H20N2O5/c1-3-6-11(2)17-14(19)10-22-15(20)9-18-12-7-4-5-8-13(12)23-16(18)21/h4-5,7-8,11H,3,6,9-10H2,1-2H3,(H,17,19)/t11-/m0/s1. The van der Waals surface area contributed by atoms with Gasteiger partial charge in [0, 0.05) is 6.04 Å². The highest BCUT2D eigenvalue weighted by Gasteiger charge is 2.15. The third-order valence-electron chi connectivity index (χ3n) is 3.35. The zero-order chi connectivity index (χ0) is 16.8. The second-order valence-corrected chi connectivity index (χ2v) is 5.34. The van der Waals surface area contributed by atoms with Crippen LogP contribution >= 0.6 is 0 Å². The van der Waals surface area contributed by atoms with Gasteiger partial charge in [0.2, 0.25) is 0 Å². The van der Waals surface area contributed by atoms with Crippen LogP contribution in [0.2, 0.25) is 0 Å². The highest BCUT2D eigenvalue weighted by molar-refractivity contribution is 5.81. The number of rotatable bonds is 7. The van der Waals surface area contributed by atoms with E-state index in [1.54, 1.807) is 24.3 Å². The number of para-hydroxylation sites is 2. The van der Waals surface area contributed by atoms with E-state index in [2.05, 4.69) is 5.32 Å². The largest absolute Gasteiger partial charge is 0.454 e. The Balaban J connectivity index is 1.91. The van der Waals surface area contributed by atoms with Gasteiger partial charge in [0.25, 0.3) is 5.91 Å². The summed E-state index contributed by atoms with van der Waals surface area (Å²) in [5.41, 5.74) is 0.909. The van der Waals surface area contributed by atoms with Crippen LogP contribution < -0.4 is 11.1 Å². The van der Waals surface area contributed by atoms with E-state index in [9.17, 15) is 14.4 Å². The molecule has 124 valence electrons. The number of esters is 1. The van der Waals surface area contributed by atoms with Crippen molar-refractivity contribution in [2.24, 2.45) is 0 Å². The first-order valence-electron chi connectivity index (χ1n) is 7.54. The summed E-state index contributed by atoms with van der Waals surface area (Å²) in [4.78, 5) is 35.2. The molecule has 7 heteroatoms. The van der Waals surface area contributed by atoms with Crippen LogP contribution in [0, 0.1) is 0 Å². The number of oxazole rings is 1. The normalized spacial score (nSPS) is 12.1. The number of ether oxygens (including phenoxy) is 1. The molecule has 2 aromatic rings. The predicted octanol–water partition coefficient (Wildman–Crippen LogP) is 1.44. The Morgan fingerprint density at radius 3 is 2.83 bits per heavy atom. The lowest BCUT2D eigenvalue weighted by molar-refractivity contribution is -0.149. The second-order valence-electron chi connectivity index (χ2n) is 5.34. The fourth-order valence-electron chi connectivity index (χ4n) is 2.31.